The van der Waals surface area contributed by atoms with E-state index in [9.17, 15) is 9.90 Å². The number of halogens is 1. The Morgan fingerprint density at radius 2 is 2.13 bits per heavy atom. The summed E-state index contributed by atoms with van der Waals surface area (Å²) < 4.78 is 6.65. The van der Waals surface area contributed by atoms with Crippen molar-refractivity contribution in [2.24, 2.45) is 0 Å². The topological polar surface area (TPSA) is 80.3 Å². The maximum absolute atomic E-state index is 12.1. The summed E-state index contributed by atoms with van der Waals surface area (Å²) in [5.41, 5.74) is 1.19. The highest BCUT2D eigenvalue weighted by atomic mass is 35.5. The van der Waals surface area contributed by atoms with Crippen LogP contribution in [-0.4, -0.2) is 27.3 Å². The summed E-state index contributed by atoms with van der Waals surface area (Å²) in [6, 6.07) is 10.4. The molecule has 118 valence electrons. The number of carbonyl (C=O) groups is 1. The molecule has 0 bridgehead atoms. The summed E-state index contributed by atoms with van der Waals surface area (Å²) in [7, 11) is 0. The first kappa shape index (κ1) is 15.3. The van der Waals surface area contributed by atoms with E-state index in [2.05, 4.69) is 10.4 Å². The van der Waals surface area contributed by atoms with Crippen molar-refractivity contribution in [2.45, 2.75) is 6.10 Å². The van der Waals surface area contributed by atoms with Crippen molar-refractivity contribution in [3.8, 4) is 5.69 Å². The summed E-state index contributed by atoms with van der Waals surface area (Å²) in [5, 5.41) is 17.3. The largest absolute Gasteiger partial charge is 0.467 e. The number of carbonyl (C=O) groups excluding carboxylic acids is 1. The van der Waals surface area contributed by atoms with E-state index in [1.165, 1.54) is 12.5 Å². The van der Waals surface area contributed by atoms with Gasteiger partial charge in [-0.3, -0.25) is 4.79 Å². The Labute approximate surface area is 137 Å². The Balaban J connectivity index is 1.63. The first-order chi connectivity index (χ1) is 11.1. The number of rotatable bonds is 5. The predicted molar refractivity (Wildman–Crippen MR) is 84.6 cm³/mol. The number of aromatic nitrogens is 2. The normalized spacial score (nSPS) is 12.1. The molecule has 0 spiro atoms. The van der Waals surface area contributed by atoms with Gasteiger partial charge in [-0.1, -0.05) is 11.6 Å². The average molecular weight is 332 g/mol. The second-order valence-electron chi connectivity index (χ2n) is 4.89. The van der Waals surface area contributed by atoms with Crippen LogP contribution in [-0.2, 0) is 0 Å². The molecule has 0 aliphatic heterocycles. The number of aliphatic hydroxyl groups is 1. The van der Waals surface area contributed by atoms with E-state index < -0.39 is 6.10 Å². The fourth-order valence-electron chi connectivity index (χ4n) is 2.05. The smallest absolute Gasteiger partial charge is 0.254 e. The monoisotopic (exact) mass is 331 g/mol. The van der Waals surface area contributed by atoms with Crippen molar-refractivity contribution in [1.29, 1.82) is 0 Å². The SMILES string of the molecule is O=C(NCC(O)c1ccco1)c1cnn(-c2ccc(Cl)cc2)c1. The van der Waals surface area contributed by atoms with Crippen molar-refractivity contribution in [3.63, 3.8) is 0 Å². The van der Waals surface area contributed by atoms with E-state index in [4.69, 9.17) is 16.0 Å². The standard InChI is InChI=1S/C16H14ClN3O3/c17-12-3-5-13(6-4-12)20-10-11(8-19-20)16(22)18-9-14(21)15-2-1-7-23-15/h1-8,10,14,21H,9H2,(H,18,22). The Hall–Kier alpha value is -2.57. The van der Waals surface area contributed by atoms with Gasteiger partial charge in [0.2, 0.25) is 0 Å². The maximum Gasteiger partial charge on any atom is 0.254 e. The number of amides is 1. The van der Waals surface area contributed by atoms with Gasteiger partial charge in [0.05, 0.1) is 30.3 Å². The van der Waals surface area contributed by atoms with Gasteiger partial charge < -0.3 is 14.8 Å². The zero-order valence-electron chi connectivity index (χ0n) is 12.0. The Kier molecular flexibility index (Phi) is 4.45. The highest BCUT2D eigenvalue weighted by molar-refractivity contribution is 6.30. The van der Waals surface area contributed by atoms with Gasteiger partial charge in [0.15, 0.2) is 0 Å². The molecule has 3 aromatic rings. The third kappa shape index (κ3) is 3.61. The lowest BCUT2D eigenvalue weighted by atomic mass is 10.2. The molecular weight excluding hydrogens is 318 g/mol. The fraction of sp³-hybridized carbons (Fsp3) is 0.125. The minimum absolute atomic E-state index is 0.0540. The van der Waals surface area contributed by atoms with E-state index in [1.807, 2.05) is 0 Å². The van der Waals surface area contributed by atoms with Crippen molar-refractivity contribution in [1.82, 2.24) is 15.1 Å². The molecule has 1 atom stereocenters. The number of furan rings is 1. The summed E-state index contributed by atoms with van der Waals surface area (Å²) in [5.74, 6) is 0.0815. The average Bonchev–Trinajstić information content (AvgIpc) is 3.24. The minimum atomic E-state index is -0.889. The van der Waals surface area contributed by atoms with E-state index in [1.54, 1.807) is 47.3 Å². The number of hydrogen-bond donors (Lipinski definition) is 2. The van der Waals surface area contributed by atoms with Crippen LogP contribution in [0, 0.1) is 0 Å². The lowest BCUT2D eigenvalue weighted by Crippen LogP contribution is -2.27. The van der Waals surface area contributed by atoms with Crippen molar-refractivity contribution in [2.75, 3.05) is 6.54 Å². The maximum atomic E-state index is 12.1. The summed E-state index contributed by atoms with van der Waals surface area (Å²) >= 11 is 5.84. The molecule has 3 rings (SSSR count). The van der Waals surface area contributed by atoms with Gasteiger partial charge in [-0.15, -0.1) is 0 Å². The van der Waals surface area contributed by atoms with Crippen LogP contribution >= 0.6 is 11.6 Å². The second kappa shape index (κ2) is 6.68. The van der Waals surface area contributed by atoms with Crippen LogP contribution in [0.5, 0.6) is 0 Å². The minimum Gasteiger partial charge on any atom is -0.467 e. The Morgan fingerprint density at radius 1 is 1.35 bits per heavy atom. The molecule has 2 N–H and O–H groups in total. The summed E-state index contributed by atoms with van der Waals surface area (Å²) in [6.45, 7) is 0.0540. The third-order valence-corrected chi connectivity index (χ3v) is 3.52. The van der Waals surface area contributed by atoms with E-state index in [-0.39, 0.29) is 12.5 Å². The van der Waals surface area contributed by atoms with Crippen LogP contribution in [0.25, 0.3) is 5.69 Å². The number of aliphatic hydroxyl groups excluding tert-OH is 1. The van der Waals surface area contributed by atoms with Crippen LogP contribution in [0.4, 0.5) is 0 Å². The zero-order valence-corrected chi connectivity index (χ0v) is 12.8. The van der Waals surface area contributed by atoms with Crippen LogP contribution in [0.15, 0.2) is 59.5 Å². The number of hydrogen-bond acceptors (Lipinski definition) is 4. The molecule has 2 aromatic heterocycles. The predicted octanol–water partition coefficient (Wildman–Crippen LogP) is 2.58. The molecular formula is C16H14ClN3O3. The first-order valence-corrected chi connectivity index (χ1v) is 7.31. The number of nitrogens with one attached hydrogen (secondary N) is 1. The van der Waals surface area contributed by atoms with Crippen LogP contribution in [0.2, 0.25) is 5.02 Å². The van der Waals surface area contributed by atoms with Gasteiger partial charge in [-0.05, 0) is 36.4 Å². The second-order valence-corrected chi connectivity index (χ2v) is 5.33. The molecule has 0 saturated heterocycles. The van der Waals surface area contributed by atoms with Crippen molar-refractivity contribution >= 4 is 17.5 Å². The molecule has 0 radical (unpaired) electrons. The van der Waals surface area contributed by atoms with Gasteiger partial charge in [0, 0.05) is 11.2 Å². The Morgan fingerprint density at radius 3 is 2.83 bits per heavy atom. The third-order valence-electron chi connectivity index (χ3n) is 3.26. The number of nitrogens with zero attached hydrogens (tertiary/aromatic N) is 2. The van der Waals surface area contributed by atoms with E-state index in [0.717, 1.165) is 5.69 Å². The molecule has 23 heavy (non-hydrogen) atoms. The van der Waals surface area contributed by atoms with Gasteiger partial charge >= 0.3 is 0 Å². The van der Waals surface area contributed by atoms with E-state index >= 15 is 0 Å². The van der Waals surface area contributed by atoms with Crippen molar-refractivity contribution in [3.05, 3.63) is 71.4 Å². The number of benzene rings is 1. The Bertz CT molecular complexity index is 781. The molecule has 0 saturated carbocycles. The molecule has 1 unspecified atom stereocenters. The van der Waals surface area contributed by atoms with Crippen LogP contribution in [0.3, 0.4) is 0 Å². The summed E-state index contributed by atoms with van der Waals surface area (Å²) in [6.07, 6.45) is 3.65. The molecule has 0 fully saturated rings. The molecule has 0 aliphatic rings. The van der Waals surface area contributed by atoms with Gasteiger partial charge in [-0.25, -0.2) is 4.68 Å². The molecule has 0 aliphatic carbocycles. The van der Waals surface area contributed by atoms with Gasteiger partial charge in [0.1, 0.15) is 11.9 Å². The van der Waals surface area contributed by atoms with E-state index in [0.29, 0.717) is 16.3 Å². The quantitative estimate of drug-likeness (QED) is 0.753. The lowest BCUT2D eigenvalue weighted by molar-refractivity contribution is 0.0901. The fourth-order valence-corrected chi connectivity index (χ4v) is 2.17. The molecule has 1 amide bonds. The van der Waals surface area contributed by atoms with Crippen molar-refractivity contribution < 1.29 is 14.3 Å². The van der Waals surface area contributed by atoms with Crippen LogP contribution < -0.4 is 5.32 Å². The van der Waals surface area contributed by atoms with Crippen LogP contribution in [0.1, 0.15) is 22.2 Å². The highest BCUT2D eigenvalue weighted by Gasteiger charge is 2.14. The first-order valence-electron chi connectivity index (χ1n) is 6.94. The van der Waals surface area contributed by atoms with Gasteiger partial charge in [0.25, 0.3) is 5.91 Å². The lowest BCUT2D eigenvalue weighted by Gasteiger charge is -2.08. The zero-order chi connectivity index (χ0) is 16.2. The molecule has 7 heteroatoms. The molecule has 2 heterocycles. The van der Waals surface area contributed by atoms with Gasteiger partial charge in [-0.2, -0.15) is 5.10 Å². The highest BCUT2D eigenvalue weighted by Crippen LogP contribution is 2.14. The molecule has 6 nitrogen and oxygen atoms in total. The summed E-state index contributed by atoms with van der Waals surface area (Å²) in [4.78, 5) is 12.1. The molecule has 1 aromatic carbocycles.